The molecule has 2 aliphatic rings. The summed E-state index contributed by atoms with van der Waals surface area (Å²) in [6.45, 7) is 2.21. The summed E-state index contributed by atoms with van der Waals surface area (Å²) in [6, 6.07) is 14.0. The molecule has 0 fully saturated rings. The number of thioether (sulfide) groups is 1. The lowest BCUT2D eigenvalue weighted by Crippen LogP contribution is -2.46. The summed E-state index contributed by atoms with van der Waals surface area (Å²) >= 11 is 1.24. The highest BCUT2D eigenvalue weighted by molar-refractivity contribution is 8.13. The van der Waals surface area contributed by atoms with E-state index in [1.54, 1.807) is 6.92 Å². The summed E-state index contributed by atoms with van der Waals surface area (Å²) in [5.74, 6) is 1.95. The quantitative estimate of drug-likeness (QED) is 0.837. The van der Waals surface area contributed by atoms with Crippen LogP contribution >= 0.6 is 11.8 Å². The van der Waals surface area contributed by atoms with E-state index in [-0.39, 0.29) is 17.8 Å². The zero-order chi connectivity index (χ0) is 19.6. The van der Waals surface area contributed by atoms with Crippen molar-refractivity contribution in [3.63, 3.8) is 0 Å². The molecule has 0 saturated carbocycles. The number of fused-ring (bicyclic) bond motifs is 2. The SMILES string of the molecule is CC(=O)SCC1(C(=O)NCc2ccc3c(c2)OCO3)CCc2ccccc2C1. The van der Waals surface area contributed by atoms with Crippen LogP contribution in [0.1, 0.15) is 30.0 Å². The van der Waals surface area contributed by atoms with E-state index in [9.17, 15) is 9.59 Å². The third kappa shape index (κ3) is 3.87. The number of amides is 1. The predicted molar refractivity (Wildman–Crippen MR) is 108 cm³/mol. The molecule has 0 saturated heterocycles. The molecule has 0 aromatic heterocycles. The van der Waals surface area contributed by atoms with Crippen LogP contribution in [0.4, 0.5) is 0 Å². The van der Waals surface area contributed by atoms with Crippen LogP contribution in [0.15, 0.2) is 42.5 Å². The minimum Gasteiger partial charge on any atom is -0.454 e. The van der Waals surface area contributed by atoms with Crippen molar-refractivity contribution >= 4 is 22.8 Å². The average Bonchev–Trinajstić information content (AvgIpc) is 3.18. The Morgan fingerprint density at radius 2 is 1.89 bits per heavy atom. The van der Waals surface area contributed by atoms with Gasteiger partial charge >= 0.3 is 0 Å². The van der Waals surface area contributed by atoms with Gasteiger partial charge in [-0.05, 0) is 48.1 Å². The zero-order valence-corrected chi connectivity index (χ0v) is 16.6. The van der Waals surface area contributed by atoms with E-state index in [1.807, 2.05) is 30.3 Å². The first-order valence-corrected chi connectivity index (χ1v) is 10.4. The number of hydrogen-bond donors (Lipinski definition) is 1. The van der Waals surface area contributed by atoms with Gasteiger partial charge in [-0.25, -0.2) is 0 Å². The van der Waals surface area contributed by atoms with Crippen LogP contribution in [0.25, 0.3) is 0 Å². The average molecular weight is 397 g/mol. The highest BCUT2D eigenvalue weighted by Crippen LogP contribution is 2.39. The van der Waals surface area contributed by atoms with E-state index >= 15 is 0 Å². The molecule has 1 N–H and O–H groups in total. The number of benzene rings is 2. The van der Waals surface area contributed by atoms with Crippen molar-refractivity contribution in [2.45, 2.75) is 32.7 Å². The second kappa shape index (κ2) is 7.87. The number of hydrogen-bond acceptors (Lipinski definition) is 5. The number of nitrogens with one attached hydrogen (secondary N) is 1. The molecule has 2 aromatic rings. The monoisotopic (exact) mass is 397 g/mol. The Morgan fingerprint density at radius 3 is 2.71 bits per heavy atom. The third-order valence-electron chi connectivity index (χ3n) is 5.44. The Morgan fingerprint density at radius 1 is 1.11 bits per heavy atom. The summed E-state index contributed by atoms with van der Waals surface area (Å²) in [7, 11) is 0. The Labute approximate surface area is 168 Å². The first-order chi connectivity index (χ1) is 13.6. The van der Waals surface area contributed by atoms with E-state index in [0.29, 0.717) is 24.5 Å². The highest BCUT2D eigenvalue weighted by Gasteiger charge is 2.41. The Hall–Kier alpha value is -2.47. The van der Waals surface area contributed by atoms with Crippen molar-refractivity contribution in [2.24, 2.45) is 5.41 Å². The molecule has 1 amide bonds. The molecule has 1 aliphatic heterocycles. The van der Waals surface area contributed by atoms with Crippen LogP contribution in [-0.4, -0.2) is 23.6 Å². The van der Waals surface area contributed by atoms with Crippen molar-refractivity contribution in [3.05, 3.63) is 59.2 Å². The summed E-state index contributed by atoms with van der Waals surface area (Å²) in [5.41, 5.74) is 2.90. The number of ether oxygens (including phenoxy) is 2. The number of carbonyl (C=O) groups excluding carboxylic acids is 2. The normalized spacial score (nSPS) is 19.8. The zero-order valence-electron chi connectivity index (χ0n) is 15.8. The summed E-state index contributed by atoms with van der Waals surface area (Å²) in [4.78, 5) is 24.8. The molecule has 28 heavy (non-hydrogen) atoms. The van der Waals surface area contributed by atoms with Gasteiger partial charge in [0.1, 0.15) is 0 Å². The first-order valence-electron chi connectivity index (χ1n) is 9.43. The molecule has 0 radical (unpaired) electrons. The van der Waals surface area contributed by atoms with Gasteiger partial charge in [0.15, 0.2) is 16.6 Å². The fourth-order valence-corrected chi connectivity index (χ4v) is 4.70. The van der Waals surface area contributed by atoms with Crippen LogP contribution in [0, 0.1) is 5.41 Å². The molecule has 4 rings (SSSR count). The number of carbonyl (C=O) groups is 2. The number of aryl methyl sites for hydroxylation is 1. The van der Waals surface area contributed by atoms with Crippen molar-refractivity contribution in [1.82, 2.24) is 5.32 Å². The van der Waals surface area contributed by atoms with Gasteiger partial charge in [-0.3, -0.25) is 9.59 Å². The van der Waals surface area contributed by atoms with Crippen molar-refractivity contribution in [3.8, 4) is 11.5 Å². The van der Waals surface area contributed by atoms with E-state index in [0.717, 1.165) is 24.2 Å². The molecular weight excluding hydrogens is 374 g/mol. The molecule has 1 atom stereocenters. The maximum atomic E-state index is 13.3. The molecule has 0 bridgehead atoms. The Balaban J connectivity index is 1.50. The molecule has 1 aliphatic carbocycles. The minimum absolute atomic E-state index is 0.00780. The lowest BCUT2D eigenvalue weighted by molar-refractivity contribution is -0.130. The second-order valence-corrected chi connectivity index (χ2v) is 8.53. The largest absolute Gasteiger partial charge is 0.454 e. The summed E-state index contributed by atoms with van der Waals surface area (Å²) in [5, 5.41) is 3.14. The van der Waals surface area contributed by atoms with Gasteiger partial charge in [0, 0.05) is 19.2 Å². The molecule has 2 aromatic carbocycles. The molecule has 0 spiro atoms. The summed E-state index contributed by atoms with van der Waals surface area (Å²) < 4.78 is 10.7. The van der Waals surface area contributed by atoms with Crippen LogP contribution in [0.2, 0.25) is 0 Å². The van der Waals surface area contributed by atoms with E-state index in [2.05, 4.69) is 17.4 Å². The lowest BCUT2D eigenvalue weighted by atomic mass is 9.72. The van der Waals surface area contributed by atoms with Crippen LogP contribution < -0.4 is 14.8 Å². The van der Waals surface area contributed by atoms with Crippen LogP contribution in [-0.2, 0) is 29.0 Å². The van der Waals surface area contributed by atoms with Gasteiger partial charge in [-0.15, -0.1) is 0 Å². The van der Waals surface area contributed by atoms with Gasteiger partial charge < -0.3 is 14.8 Å². The fraction of sp³-hybridized carbons (Fsp3) is 0.364. The van der Waals surface area contributed by atoms with E-state index in [4.69, 9.17) is 9.47 Å². The highest BCUT2D eigenvalue weighted by atomic mass is 32.2. The van der Waals surface area contributed by atoms with Gasteiger partial charge in [0.2, 0.25) is 12.7 Å². The maximum Gasteiger partial charge on any atom is 0.231 e. The summed E-state index contributed by atoms with van der Waals surface area (Å²) in [6.07, 6.45) is 2.26. The van der Waals surface area contributed by atoms with E-state index in [1.165, 1.54) is 22.9 Å². The van der Waals surface area contributed by atoms with Gasteiger partial charge in [-0.2, -0.15) is 0 Å². The first kappa shape index (κ1) is 18.9. The lowest BCUT2D eigenvalue weighted by Gasteiger charge is -2.36. The Bertz CT molecular complexity index is 913. The molecular formula is C22H23NO4S. The van der Waals surface area contributed by atoms with Crippen molar-refractivity contribution in [2.75, 3.05) is 12.5 Å². The van der Waals surface area contributed by atoms with Crippen LogP contribution in [0.5, 0.6) is 11.5 Å². The minimum atomic E-state index is -0.568. The second-order valence-electron chi connectivity index (χ2n) is 7.38. The fourth-order valence-electron chi connectivity index (χ4n) is 3.84. The topological polar surface area (TPSA) is 64.6 Å². The van der Waals surface area contributed by atoms with Crippen LogP contribution in [0.3, 0.4) is 0 Å². The van der Waals surface area contributed by atoms with Gasteiger partial charge in [0.25, 0.3) is 0 Å². The molecule has 6 heteroatoms. The third-order valence-corrected chi connectivity index (χ3v) is 6.55. The van der Waals surface area contributed by atoms with Crippen molar-refractivity contribution in [1.29, 1.82) is 0 Å². The standard InChI is InChI=1S/C22H23NO4S/c1-15(24)28-13-22(9-8-17-4-2-3-5-18(17)11-22)21(25)23-12-16-6-7-19-20(10-16)27-14-26-19/h2-7,10H,8-9,11-14H2,1H3,(H,23,25). The van der Waals surface area contributed by atoms with Crippen molar-refractivity contribution < 1.29 is 19.1 Å². The molecule has 5 nitrogen and oxygen atoms in total. The Kier molecular flexibility index (Phi) is 5.31. The van der Waals surface area contributed by atoms with Gasteiger partial charge in [-0.1, -0.05) is 42.1 Å². The maximum absolute atomic E-state index is 13.3. The van der Waals surface area contributed by atoms with E-state index < -0.39 is 5.41 Å². The van der Waals surface area contributed by atoms with Gasteiger partial charge in [0.05, 0.1) is 5.41 Å². The predicted octanol–water partition coefficient (Wildman–Crippen LogP) is 3.49. The smallest absolute Gasteiger partial charge is 0.231 e. The number of rotatable bonds is 5. The molecule has 146 valence electrons. The molecule has 1 unspecified atom stereocenters. The molecule has 1 heterocycles.